The van der Waals surface area contributed by atoms with Gasteiger partial charge in [-0.2, -0.15) is 0 Å². The fourth-order valence-corrected chi connectivity index (χ4v) is 3.14. The van der Waals surface area contributed by atoms with Crippen LogP contribution >= 0.6 is 0 Å². The van der Waals surface area contributed by atoms with Crippen molar-refractivity contribution in [2.24, 2.45) is 0 Å². The summed E-state index contributed by atoms with van der Waals surface area (Å²) in [6.45, 7) is 6.33. The van der Waals surface area contributed by atoms with Crippen LogP contribution in [-0.4, -0.2) is 34.3 Å². The molecule has 102 valence electrons. The Morgan fingerprint density at radius 3 is 2.50 bits per heavy atom. The summed E-state index contributed by atoms with van der Waals surface area (Å²) in [7, 11) is 1.28. The summed E-state index contributed by atoms with van der Waals surface area (Å²) in [6.07, 6.45) is 6.72. The van der Waals surface area contributed by atoms with Crippen LogP contribution in [0.3, 0.4) is 0 Å². The highest BCUT2D eigenvalue weighted by Crippen LogP contribution is 2.29. The second kappa shape index (κ2) is 5.82. The maximum absolute atomic E-state index is 11.5. The van der Waals surface area contributed by atoms with Gasteiger partial charge in [0.15, 0.2) is 14.1 Å². The summed E-state index contributed by atoms with van der Waals surface area (Å²) >= 11 is 0. The van der Waals surface area contributed by atoms with Crippen molar-refractivity contribution < 1.29 is 18.7 Å². The number of allylic oxidation sites excluding steroid dienone is 1. The predicted molar refractivity (Wildman–Crippen MR) is 72.6 cm³/mol. The Morgan fingerprint density at radius 2 is 2.00 bits per heavy atom. The molecule has 0 saturated carbocycles. The molecule has 1 unspecified atom stereocenters. The molecule has 0 spiro atoms. The Kier molecular flexibility index (Phi) is 4.90. The molecule has 0 aromatic rings. The van der Waals surface area contributed by atoms with Crippen molar-refractivity contribution in [3.05, 3.63) is 23.8 Å². The highest BCUT2D eigenvalue weighted by molar-refractivity contribution is 6.69. The first-order valence-corrected chi connectivity index (χ1v) is 9.43. The zero-order valence-corrected chi connectivity index (χ0v) is 12.8. The third-order valence-electron chi connectivity index (χ3n) is 2.61. The van der Waals surface area contributed by atoms with Crippen LogP contribution in [0.15, 0.2) is 23.8 Å². The topological polar surface area (TPSA) is 44.8 Å². The van der Waals surface area contributed by atoms with Crippen molar-refractivity contribution in [2.75, 3.05) is 14.2 Å². The molecule has 1 rings (SSSR count). The van der Waals surface area contributed by atoms with E-state index < -0.39 is 14.1 Å². The van der Waals surface area contributed by atoms with Gasteiger partial charge in [0.1, 0.15) is 0 Å². The Hall–Kier alpha value is -0.913. The molecule has 0 amide bonds. The standard InChI is InChI=1S/C13H22O4Si/c1-15-12(14)11-7-6-9-13(16-2,10-8-11)17-18(3,4)5/h6,8-9H,7,10H2,1-5H3. The first-order chi connectivity index (χ1) is 8.32. The van der Waals surface area contributed by atoms with Gasteiger partial charge in [0, 0.05) is 19.1 Å². The van der Waals surface area contributed by atoms with Crippen LogP contribution in [-0.2, 0) is 18.7 Å². The van der Waals surface area contributed by atoms with Crippen LogP contribution in [0.1, 0.15) is 12.8 Å². The van der Waals surface area contributed by atoms with E-state index in [0.29, 0.717) is 18.4 Å². The van der Waals surface area contributed by atoms with Gasteiger partial charge in [-0.15, -0.1) is 0 Å². The lowest BCUT2D eigenvalue weighted by Gasteiger charge is -2.34. The van der Waals surface area contributed by atoms with Gasteiger partial charge in [0.05, 0.1) is 7.11 Å². The minimum atomic E-state index is -1.74. The second-order valence-electron chi connectivity index (χ2n) is 5.26. The highest BCUT2D eigenvalue weighted by atomic mass is 28.4. The molecule has 0 bridgehead atoms. The van der Waals surface area contributed by atoms with Crippen molar-refractivity contribution >= 4 is 14.3 Å². The number of hydrogen-bond donors (Lipinski definition) is 0. The average Bonchev–Trinajstić information content (AvgIpc) is 2.49. The van der Waals surface area contributed by atoms with Gasteiger partial charge in [-0.25, -0.2) is 4.79 Å². The van der Waals surface area contributed by atoms with Crippen molar-refractivity contribution in [3.63, 3.8) is 0 Å². The molecule has 0 saturated heterocycles. The van der Waals surface area contributed by atoms with E-state index in [4.69, 9.17) is 13.9 Å². The van der Waals surface area contributed by atoms with E-state index in [1.54, 1.807) is 7.11 Å². The molecule has 1 atom stereocenters. The molecular formula is C13H22O4Si. The molecule has 5 heteroatoms. The predicted octanol–water partition coefficient (Wildman–Crippen LogP) is 2.63. The zero-order chi connectivity index (χ0) is 13.8. The lowest BCUT2D eigenvalue weighted by atomic mass is 10.1. The average molecular weight is 270 g/mol. The Labute approximate surface area is 110 Å². The van der Waals surface area contributed by atoms with Crippen LogP contribution in [0.5, 0.6) is 0 Å². The van der Waals surface area contributed by atoms with Gasteiger partial charge < -0.3 is 13.9 Å². The molecule has 1 aliphatic rings. The SMILES string of the molecule is COC(=O)C1=CCC(OC)(O[Si](C)(C)C)C=CC1. The quantitative estimate of drug-likeness (QED) is 0.341. The number of methoxy groups -OCH3 is 2. The summed E-state index contributed by atoms with van der Waals surface area (Å²) < 4.78 is 16.3. The minimum absolute atomic E-state index is 0.292. The highest BCUT2D eigenvalue weighted by Gasteiger charge is 2.34. The number of hydrogen-bond acceptors (Lipinski definition) is 4. The summed E-state index contributed by atoms with van der Waals surface area (Å²) in [5.41, 5.74) is 0.645. The van der Waals surface area contributed by atoms with Crippen molar-refractivity contribution in [1.82, 2.24) is 0 Å². The normalized spacial score (nSPS) is 24.4. The molecule has 0 aromatic heterocycles. The van der Waals surface area contributed by atoms with E-state index in [0.717, 1.165) is 0 Å². The molecule has 1 aliphatic carbocycles. The lowest BCUT2D eigenvalue weighted by molar-refractivity contribution is -0.136. The third kappa shape index (κ3) is 4.08. The summed E-state index contributed by atoms with van der Waals surface area (Å²) in [5.74, 6) is -1.04. The van der Waals surface area contributed by atoms with E-state index in [-0.39, 0.29) is 5.97 Å². The fraction of sp³-hybridized carbons (Fsp3) is 0.615. The van der Waals surface area contributed by atoms with Crippen LogP contribution < -0.4 is 0 Å². The van der Waals surface area contributed by atoms with Crippen LogP contribution in [0.2, 0.25) is 19.6 Å². The molecule has 0 aliphatic heterocycles. The Balaban J connectivity index is 2.91. The van der Waals surface area contributed by atoms with Crippen molar-refractivity contribution in [1.29, 1.82) is 0 Å². The summed E-state index contributed by atoms with van der Waals surface area (Å²) in [5, 5.41) is 0. The minimum Gasteiger partial charge on any atom is -0.466 e. The second-order valence-corrected chi connectivity index (χ2v) is 9.69. The smallest absolute Gasteiger partial charge is 0.333 e. The maximum Gasteiger partial charge on any atom is 0.333 e. The number of ether oxygens (including phenoxy) is 2. The van der Waals surface area contributed by atoms with Crippen molar-refractivity contribution in [2.45, 2.75) is 38.3 Å². The van der Waals surface area contributed by atoms with Gasteiger partial charge in [0.2, 0.25) is 0 Å². The van der Waals surface area contributed by atoms with Crippen molar-refractivity contribution in [3.8, 4) is 0 Å². The molecule has 4 nitrogen and oxygen atoms in total. The first-order valence-electron chi connectivity index (χ1n) is 6.02. The third-order valence-corrected chi connectivity index (χ3v) is 3.57. The first kappa shape index (κ1) is 15.1. The van der Waals surface area contributed by atoms with Crippen LogP contribution in [0, 0.1) is 0 Å². The molecule has 0 fully saturated rings. The van der Waals surface area contributed by atoms with E-state index in [9.17, 15) is 4.79 Å². The molecule has 0 heterocycles. The van der Waals surface area contributed by atoms with E-state index in [2.05, 4.69) is 19.6 Å². The maximum atomic E-state index is 11.5. The van der Waals surface area contributed by atoms with Crippen LogP contribution in [0.4, 0.5) is 0 Å². The Bertz CT molecular complexity index is 368. The van der Waals surface area contributed by atoms with E-state index in [1.165, 1.54) is 7.11 Å². The fourth-order valence-electron chi connectivity index (χ4n) is 1.87. The number of carbonyl (C=O) groups is 1. The summed E-state index contributed by atoms with van der Waals surface area (Å²) in [4.78, 5) is 11.5. The molecule has 0 radical (unpaired) electrons. The molecule has 0 N–H and O–H groups in total. The zero-order valence-electron chi connectivity index (χ0n) is 11.8. The van der Waals surface area contributed by atoms with Gasteiger partial charge >= 0.3 is 5.97 Å². The van der Waals surface area contributed by atoms with Gasteiger partial charge in [-0.05, 0) is 32.1 Å². The number of rotatable bonds is 4. The summed E-state index contributed by atoms with van der Waals surface area (Å²) in [6, 6.07) is 0. The number of carbonyl (C=O) groups excluding carboxylic acids is 1. The van der Waals surface area contributed by atoms with E-state index >= 15 is 0 Å². The van der Waals surface area contributed by atoms with Gasteiger partial charge in [-0.1, -0.05) is 12.2 Å². The number of esters is 1. The monoisotopic (exact) mass is 270 g/mol. The van der Waals surface area contributed by atoms with Gasteiger partial charge in [0.25, 0.3) is 0 Å². The Morgan fingerprint density at radius 1 is 1.33 bits per heavy atom. The van der Waals surface area contributed by atoms with Crippen LogP contribution in [0.25, 0.3) is 0 Å². The molecular weight excluding hydrogens is 248 g/mol. The molecule has 0 aromatic carbocycles. The largest absolute Gasteiger partial charge is 0.466 e. The molecule has 18 heavy (non-hydrogen) atoms. The van der Waals surface area contributed by atoms with E-state index in [1.807, 2.05) is 18.2 Å². The lowest BCUT2D eigenvalue weighted by Crippen LogP contribution is -2.42. The van der Waals surface area contributed by atoms with Gasteiger partial charge in [-0.3, -0.25) is 0 Å².